The molecule has 0 aromatic heterocycles. The highest BCUT2D eigenvalue weighted by Gasteiger charge is 2.13. The topological polar surface area (TPSA) is 17.1 Å². The molecule has 0 unspecified atom stereocenters. The van der Waals surface area contributed by atoms with Crippen LogP contribution >= 0.6 is 11.6 Å². The van der Waals surface area contributed by atoms with Crippen LogP contribution < -0.4 is 0 Å². The van der Waals surface area contributed by atoms with E-state index in [9.17, 15) is 4.79 Å². The van der Waals surface area contributed by atoms with E-state index in [2.05, 4.69) is 6.92 Å². The van der Waals surface area contributed by atoms with Crippen molar-refractivity contribution >= 4 is 17.4 Å². The van der Waals surface area contributed by atoms with E-state index in [0.29, 0.717) is 16.1 Å². The van der Waals surface area contributed by atoms with Gasteiger partial charge in [0.25, 0.3) is 0 Å². The van der Waals surface area contributed by atoms with E-state index in [1.807, 2.05) is 43.3 Å². The lowest BCUT2D eigenvalue weighted by atomic mass is 9.99. The minimum absolute atomic E-state index is 0.0148. The first-order valence-corrected chi connectivity index (χ1v) is 6.40. The monoisotopic (exact) mass is 258 g/mol. The van der Waals surface area contributed by atoms with Crippen molar-refractivity contribution < 1.29 is 4.79 Å². The number of hydrogen-bond acceptors (Lipinski definition) is 1. The molecular weight excluding hydrogens is 244 g/mol. The fraction of sp³-hybridized carbons (Fsp3) is 0.188. The minimum atomic E-state index is -0.0148. The number of carbonyl (C=O) groups is 1. The summed E-state index contributed by atoms with van der Waals surface area (Å²) in [5.41, 5.74) is 3.35. The summed E-state index contributed by atoms with van der Waals surface area (Å²) >= 11 is 6.19. The van der Waals surface area contributed by atoms with Gasteiger partial charge in [0.1, 0.15) is 0 Å². The van der Waals surface area contributed by atoms with Gasteiger partial charge in [-0.3, -0.25) is 4.79 Å². The number of benzene rings is 2. The van der Waals surface area contributed by atoms with Crippen LogP contribution in [-0.2, 0) is 6.42 Å². The van der Waals surface area contributed by atoms with Crippen LogP contribution in [0.2, 0.25) is 5.02 Å². The predicted molar refractivity (Wildman–Crippen MR) is 75.4 cm³/mol. The van der Waals surface area contributed by atoms with Crippen molar-refractivity contribution in [3.8, 4) is 0 Å². The van der Waals surface area contributed by atoms with E-state index in [0.717, 1.165) is 17.5 Å². The number of carbonyl (C=O) groups excluding carboxylic acids is 1. The summed E-state index contributed by atoms with van der Waals surface area (Å²) in [7, 11) is 0. The lowest BCUT2D eigenvalue weighted by Crippen LogP contribution is -2.03. The summed E-state index contributed by atoms with van der Waals surface area (Å²) in [5, 5.41) is 0.546. The molecule has 0 saturated carbocycles. The molecule has 0 saturated heterocycles. The van der Waals surface area contributed by atoms with Gasteiger partial charge in [-0.15, -0.1) is 0 Å². The highest BCUT2D eigenvalue weighted by atomic mass is 35.5. The number of ketones is 1. The van der Waals surface area contributed by atoms with E-state index in [1.54, 1.807) is 6.07 Å². The zero-order chi connectivity index (χ0) is 13.1. The van der Waals surface area contributed by atoms with E-state index < -0.39 is 0 Å². The van der Waals surface area contributed by atoms with Crippen LogP contribution in [0.25, 0.3) is 0 Å². The number of rotatable bonds is 3. The Labute approximate surface area is 112 Å². The molecule has 0 N–H and O–H groups in total. The van der Waals surface area contributed by atoms with E-state index >= 15 is 0 Å². The van der Waals surface area contributed by atoms with Crippen LogP contribution in [0.15, 0.2) is 42.5 Å². The van der Waals surface area contributed by atoms with Gasteiger partial charge in [0.2, 0.25) is 0 Å². The zero-order valence-electron chi connectivity index (χ0n) is 10.5. The molecule has 92 valence electrons. The normalized spacial score (nSPS) is 10.4. The van der Waals surface area contributed by atoms with Gasteiger partial charge < -0.3 is 0 Å². The highest BCUT2D eigenvalue weighted by Crippen LogP contribution is 2.23. The quantitative estimate of drug-likeness (QED) is 0.744. The van der Waals surface area contributed by atoms with Crippen molar-refractivity contribution in [3.63, 3.8) is 0 Å². The van der Waals surface area contributed by atoms with Crippen LogP contribution in [0.5, 0.6) is 0 Å². The van der Waals surface area contributed by atoms with E-state index in [-0.39, 0.29) is 5.78 Å². The fourth-order valence-corrected chi connectivity index (χ4v) is 2.12. The summed E-state index contributed by atoms with van der Waals surface area (Å²) in [5.74, 6) is -0.0148. The third-order valence-electron chi connectivity index (χ3n) is 3.03. The van der Waals surface area contributed by atoms with Crippen molar-refractivity contribution in [1.82, 2.24) is 0 Å². The van der Waals surface area contributed by atoms with Gasteiger partial charge in [-0.05, 0) is 36.6 Å². The van der Waals surface area contributed by atoms with Crippen molar-refractivity contribution in [3.05, 3.63) is 69.7 Å². The van der Waals surface area contributed by atoms with Gasteiger partial charge in [-0.2, -0.15) is 0 Å². The van der Waals surface area contributed by atoms with Crippen molar-refractivity contribution in [1.29, 1.82) is 0 Å². The van der Waals surface area contributed by atoms with Crippen molar-refractivity contribution in [2.24, 2.45) is 0 Å². The summed E-state index contributed by atoms with van der Waals surface area (Å²) in [6.45, 7) is 3.98. The van der Waals surface area contributed by atoms with Crippen LogP contribution in [0.4, 0.5) is 0 Å². The van der Waals surface area contributed by atoms with Gasteiger partial charge in [-0.1, -0.05) is 48.9 Å². The second-order valence-electron chi connectivity index (χ2n) is 4.32. The first-order chi connectivity index (χ1) is 8.63. The fourth-order valence-electron chi connectivity index (χ4n) is 1.91. The van der Waals surface area contributed by atoms with E-state index in [4.69, 9.17) is 11.6 Å². The molecule has 0 aliphatic heterocycles. The van der Waals surface area contributed by atoms with Gasteiger partial charge >= 0.3 is 0 Å². The Hall–Kier alpha value is -1.60. The highest BCUT2D eigenvalue weighted by molar-refractivity contribution is 6.35. The standard InChI is InChI=1S/C16H15ClO/c1-3-12-7-5-8-13(10-12)16(18)14-9-4-6-11(2)15(14)17/h4-10H,3H2,1-2H3. The number of hydrogen-bond donors (Lipinski definition) is 0. The molecule has 0 amide bonds. The molecule has 2 aromatic carbocycles. The summed E-state index contributed by atoms with van der Waals surface area (Å²) in [6, 6.07) is 13.2. The Kier molecular flexibility index (Phi) is 3.83. The van der Waals surface area contributed by atoms with Crippen LogP contribution in [0, 0.1) is 6.92 Å². The average Bonchev–Trinajstić information content (AvgIpc) is 2.41. The number of halogens is 1. The molecule has 0 atom stereocenters. The Bertz CT molecular complexity index is 587. The molecule has 2 heteroatoms. The molecule has 0 radical (unpaired) electrons. The molecular formula is C16H15ClO. The molecule has 0 aliphatic carbocycles. The Morgan fingerprint density at radius 2 is 1.89 bits per heavy atom. The first-order valence-electron chi connectivity index (χ1n) is 6.02. The Morgan fingerprint density at radius 3 is 2.61 bits per heavy atom. The van der Waals surface area contributed by atoms with Crippen molar-refractivity contribution in [2.75, 3.05) is 0 Å². The smallest absolute Gasteiger partial charge is 0.194 e. The maximum Gasteiger partial charge on any atom is 0.194 e. The zero-order valence-corrected chi connectivity index (χ0v) is 11.3. The number of aryl methyl sites for hydroxylation is 2. The molecule has 1 nitrogen and oxygen atoms in total. The second kappa shape index (κ2) is 5.36. The van der Waals surface area contributed by atoms with E-state index in [1.165, 1.54) is 0 Å². The average molecular weight is 259 g/mol. The third kappa shape index (κ3) is 2.46. The molecule has 0 spiro atoms. The first kappa shape index (κ1) is 12.8. The van der Waals surface area contributed by atoms with Crippen molar-refractivity contribution in [2.45, 2.75) is 20.3 Å². The maximum absolute atomic E-state index is 12.4. The van der Waals surface area contributed by atoms with Crippen LogP contribution in [0.1, 0.15) is 34.0 Å². The molecule has 2 rings (SSSR count). The van der Waals surface area contributed by atoms with Gasteiger partial charge in [-0.25, -0.2) is 0 Å². The third-order valence-corrected chi connectivity index (χ3v) is 3.54. The molecule has 0 fully saturated rings. The SMILES string of the molecule is CCc1cccc(C(=O)c2cccc(C)c2Cl)c1. The minimum Gasteiger partial charge on any atom is -0.289 e. The lowest BCUT2D eigenvalue weighted by molar-refractivity contribution is 0.103. The maximum atomic E-state index is 12.4. The van der Waals surface area contributed by atoms with Gasteiger partial charge in [0.05, 0.1) is 5.02 Å². The van der Waals surface area contributed by atoms with Gasteiger partial charge in [0, 0.05) is 11.1 Å². The summed E-state index contributed by atoms with van der Waals surface area (Å²) < 4.78 is 0. The lowest BCUT2D eigenvalue weighted by Gasteiger charge is -2.07. The summed E-state index contributed by atoms with van der Waals surface area (Å²) in [6.07, 6.45) is 0.919. The molecule has 18 heavy (non-hydrogen) atoms. The Morgan fingerprint density at radius 1 is 1.17 bits per heavy atom. The summed E-state index contributed by atoms with van der Waals surface area (Å²) in [4.78, 5) is 12.4. The predicted octanol–water partition coefficient (Wildman–Crippen LogP) is 4.44. The second-order valence-corrected chi connectivity index (χ2v) is 4.70. The molecule has 0 aliphatic rings. The molecule has 2 aromatic rings. The molecule has 0 heterocycles. The van der Waals surface area contributed by atoms with Crippen LogP contribution in [0.3, 0.4) is 0 Å². The van der Waals surface area contributed by atoms with Crippen LogP contribution in [-0.4, -0.2) is 5.78 Å². The van der Waals surface area contributed by atoms with Gasteiger partial charge in [0.15, 0.2) is 5.78 Å². The molecule has 0 bridgehead atoms. The largest absolute Gasteiger partial charge is 0.289 e. The Balaban J connectivity index is 2.44.